The van der Waals surface area contributed by atoms with Gasteiger partial charge in [0.05, 0.1) is 0 Å². The molecule has 0 radical (unpaired) electrons. The Bertz CT molecular complexity index is 325. The second kappa shape index (κ2) is 7.91. The van der Waals surface area contributed by atoms with Gasteiger partial charge in [0, 0.05) is 31.6 Å². The van der Waals surface area contributed by atoms with Crippen LogP contribution in [-0.4, -0.2) is 38.0 Å². The summed E-state index contributed by atoms with van der Waals surface area (Å²) in [4.78, 5) is 15.8. The molecule has 0 heterocycles. The van der Waals surface area contributed by atoms with Gasteiger partial charge in [-0.2, -0.15) is 0 Å². The molecule has 2 atom stereocenters. The number of aliphatic imine (C=N–C) groups is 1. The first-order valence-electron chi connectivity index (χ1n) is 6.60. The van der Waals surface area contributed by atoms with E-state index in [0.29, 0.717) is 19.1 Å². The minimum Gasteiger partial charge on any atom is -0.355 e. The molecule has 0 saturated heterocycles. The van der Waals surface area contributed by atoms with Crippen LogP contribution in [0.2, 0.25) is 0 Å². The summed E-state index contributed by atoms with van der Waals surface area (Å²) in [5.74, 6) is 1.63. The predicted molar refractivity (Wildman–Crippen MR) is 89.9 cm³/mol. The first kappa shape index (κ1) is 18.5. The van der Waals surface area contributed by atoms with E-state index in [1.54, 1.807) is 7.05 Å². The van der Waals surface area contributed by atoms with E-state index in [-0.39, 0.29) is 35.3 Å². The molecule has 19 heavy (non-hydrogen) atoms. The fourth-order valence-corrected chi connectivity index (χ4v) is 1.52. The van der Waals surface area contributed by atoms with E-state index in [0.717, 1.165) is 11.9 Å². The van der Waals surface area contributed by atoms with Gasteiger partial charge in [-0.3, -0.25) is 9.79 Å². The van der Waals surface area contributed by atoms with Crippen molar-refractivity contribution in [2.45, 2.75) is 40.2 Å². The summed E-state index contributed by atoms with van der Waals surface area (Å²) >= 11 is 0. The quantitative estimate of drug-likeness (QED) is 0.298. The van der Waals surface area contributed by atoms with E-state index in [9.17, 15) is 4.79 Å². The van der Waals surface area contributed by atoms with Crippen LogP contribution in [0.4, 0.5) is 0 Å². The van der Waals surface area contributed by atoms with Gasteiger partial charge in [-0.1, -0.05) is 27.7 Å². The van der Waals surface area contributed by atoms with Gasteiger partial charge in [-0.05, 0) is 12.3 Å². The molecule has 112 valence electrons. The number of guanidine groups is 1. The monoisotopic (exact) mass is 382 g/mol. The first-order chi connectivity index (χ1) is 8.34. The lowest BCUT2D eigenvalue weighted by Crippen LogP contribution is -2.44. The van der Waals surface area contributed by atoms with Crippen molar-refractivity contribution in [2.75, 3.05) is 20.1 Å². The summed E-state index contributed by atoms with van der Waals surface area (Å²) < 4.78 is 0. The van der Waals surface area contributed by atoms with E-state index in [4.69, 9.17) is 0 Å². The maximum atomic E-state index is 11.6. The Labute approximate surface area is 133 Å². The Hall–Kier alpha value is -0.530. The number of rotatable bonds is 4. The van der Waals surface area contributed by atoms with Gasteiger partial charge in [0.25, 0.3) is 0 Å². The van der Waals surface area contributed by atoms with Crippen LogP contribution in [0, 0.1) is 11.3 Å². The average molecular weight is 382 g/mol. The second-order valence-corrected chi connectivity index (χ2v) is 5.97. The largest absolute Gasteiger partial charge is 0.355 e. The predicted octanol–water partition coefficient (Wildman–Crippen LogP) is 1.34. The molecule has 2 unspecified atom stereocenters. The van der Waals surface area contributed by atoms with Gasteiger partial charge in [-0.25, -0.2) is 0 Å². The van der Waals surface area contributed by atoms with Crippen molar-refractivity contribution in [3.8, 4) is 0 Å². The van der Waals surface area contributed by atoms with Gasteiger partial charge in [0.2, 0.25) is 5.91 Å². The zero-order valence-corrected chi connectivity index (χ0v) is 14.9. The van der Waals surface area contributed by atoms with Crippen LogP contribution in [0.3, 0.4) is 0 Å². The molecule has 0 aliphatic heterocycles. The van der Waals surface area contributed by atoms with Crippen LogP contribution in [-0.2, 0) is 4.79 Å². The van der Waals surface area contributed by atoms with Crippen molar-refractivity contribution < 1.29 is 4.79 Å². The number of amides is 1. The Balaban J connectivity index is 0.00000324. The Kier molecular flexibility index (Phi) is 7.69. The van der Waals surface area contributed by atoms with Crippen LogP contribution in [0.15, 0.2) is 4.99 Å². The van der Waals surface area contributed by atoms with Gasteiger partial charge in [0.15, 0.2) is 5.96 Å². The van der Waals surface area contributed by atoms with E-state index in [1.807, 2.05) is 20.8 Å². The lowest BCUT2D eigenvalue weighted by atomic mass is 9.96. The standard InChI is InChI=1S/C13H26N4O.HI/c1-9-8-10(9)17-12(14-5)16-7-6-15-11(18)13(2,3)4;/h9-10H,6-8H2,1-5H3,(H,15,18)(H2,14,16,17);1H. The van der Waals surface area contributed by atoms with Crippen molar-refractivity contribution in [3.63, 3.8) is 0 Å². The zero-order valence-electron chi connectivity index (χ0n) is 12.5. The number of carbonyl (C=O) groups excluding carboxylic acids is 1. The molecule has 0 aromatic heterocycles. The molecule has 0 aromatic carbocycles. The van der Waals surface area contributed by atoms with Gasteiger partial charge in [0.1, 0.15) is 0 Å². The SMILES string of the molecule is CN=C(NCCNC(=O)C(C)(C)C)NC1CC1C.I. The van der Waals surface area contributed by atoms with Crippen LogP contribution in [0.5, 0.6) is 0 Å². The molecule has 1 rings (SSSR count). The zero-order chi connectivity index (χ0) is 13.8. The van der Waals surface area contributed by atoms with Crippen LogP contribution in [0.1, 0.15) is 34.1 Å². The minimum absolute atomic E-state index is 0. The Morgan fingerprint density at radius 3 is 2.21 bits per heavy atom. The first-order valence-corrected chi connectivity index (χ1v) is 6.60. The number of hydrogen-bond acceptors (Lipinski definition) is 2. The molecular formula is C13H27IN4O. The van der Waals surface area contributed by atoms with Crippen molar-refractivity contribution >= 4 is 35.8 Å². The molecule has 1 aliphatic carbocycles. The van der Waals surface area contributed by atoms with Gasteiger partial charge < -0.3 is 16.0 Å². The smallest absolute Gasteiger partial charge is 0.225 e. The molecule has 1 amide bonds. The van der Waals surface area contributed by atoms with E-state index < -0.39 is 0 Å². The summed E-state index contributed by atoms with van der Waals surface area (Å²) in [6.45, 7) is 9.23. The highest BCUT2D eigenvalue weighted by atomic mass is 127. The van der Waals surface area contributed by atoms with Crippen LogP contribution < -0.4 is 16.0 Å². The molecule has 1 aliphatic rings. The van der Waals surface area contributed by atoms with E-state index >= 15 is 0 Å². The third-order valence-corrected chi connectivity index (χ3v) is 3.04. The van der Waals surface area contributed by atoms with Crippen molar-refractivity contribution in [2.24, 2.45) is 16.3 Å². The highest BCUT2D eigenvalue weighted by Crippen LogP contribution is 2.28. The molecule has 3 N–H and O–H groups in total. The summed E-state index contributed by atoms with van der Waals surface area (Å²) in [7, 11) is 1.76. The summed E-state index contributed by atoms with van der Waals surface area (Å²) in [5, 5.41) is 9.42. The fraction of sp³-hybridized carbons (Fsp3) is 0.846. The maximum absolute atomic E-state index is 11.6. The van der Waals surface area contributed by atoms with E-state index in [2.05, 4.69) is 27.9 Å². The van der Waals surface area contributed by atoms with Crippen LogP contribution >= 0.6 is 24.0 Å². The molecule has 1 fully saturated rings. The third-order valence-electron chi connectivity index (χ3n) is 3.04. The van der Waals surface area contributed by atoms with Crippen molar-refractivity contribution in [3.05, 3.63) is 0 Å². The highest BCUT2D eigenvalue weighted by Gasteiger charge is 2.33. The topological polar surface area (TPSA) is 65.5 Å². The second-order valence-electron chi connectivity index (χ2n) is 5.97. The van der Waals surface area contributed by atoms with E-state index in [1.165, 1.54) is 6.42 Å². The molecular weight excluding hydrogens is 355 g/mol. The molecule has 0 aromatic rings. The molecule has 5 nitrogen and oxygen atoms in total. The summed E-state index contributed by atoms with van der Waals surface area (Å²) in [5.41, 5.74) is -0.330. The number of halogens is 1. The van der Waals surface area contributed by atoms with Crippen molar-refractivity contribution in [1.82, 2.24) is 16.0 Å². The Morgan fingerprint density at radius 1 is 1.26 bits per heavy atom. The number of nitrogens with zero attached hydrogens (tertiary/aromatic N) is 1. The highest BCUT2D eigenvalue weighted by molar-refractivity contribution is 14.0. The number of hydrogen-bond donors (Lipinski definition) is 3. The minimum atomic E-state index is -0.330. The maximum Gasteiger partial charge on any atom is 0.225 e. The van der Waals surface area contributed by atoms with Crippen LogP contribution in [0.25, 0.3) is 0 Å². The molecule has 0 bridgehead atoms. The summed E-state index contributed by atoms with van der Waals surface area (Å²) in [6, 6.07) is 0.556. The Morgan fingerprint density at radius 2 is 1.79 bits per heavy atom. The van der Waals surface area contributed by atoms with Crippen molar-refractivity contribution in [1.29, 1.82) is 0 Å². The molecule has 6 heteroatoms. The number of carbonyl (C=O) groups is 1. The molecule has 0 spiro atoms. The number of nitrogens with one attached hydrogen (secondary N) is 3. The fourth-order valence-electron chi connectivity index (χ4n) is 1.52. The third kappa shape index (κ3) is 6.98. The molecule has 1 saturated carbocycles. The average Bonchev–Trinajstić information content (AvgIpc) is 2.97. The normalized spacial score (nSPS) is 22.3. The summed E-state index contributed by atoms with van der Waals surface area (Å²) in [6.07, 6.45) is 1.21. The lowest BCUT2D eigenvalue weighted by molar-refractivity contribution is -0.128. The van der Waals surface area contributed by atoms with Gasteiger partial charge in [-0.15, -0.1) is 24.0 Å². The van der Waals surface area contributed by atoms with Gasteiger partial charge >= 0.3 is 0 Å². The lowest BCUT2D eigenvalue weighted by Gasteiger charge is -2.18.